The number of rotatable bonds is 5. The molecule has 1 atom stereocenters. The van der Waals surface area contributed by atoms with E-state index in [2.05, 4.69) is 5.32 Å². The number of nitrogens with one attached hydrogen (secondary N) is 1. The Kier molecular flexibility index (Phi) is 6.05. The molecular weight excluding hydrogens is 318 g/mol. The van der Waals surface area contributed by atoms with Crippen LogP contribution in [0.3, 0.4) is 0 Å². The number of carboxylic acids is 1. The first-order valence-electron chi connectivity index (χ1n) is 7.35. The van der Waals surface area contributed by atoms with Crippen molar-refractivity contribution in [2.24, 2.45) is 5.41 Å². The molecule has 6 heteroatoms. The Balaban J connectivity index is 2.70. The van der Waals surface area contributed by atoms with Crippen LogP contribution < -0.4 is 5.32 Å². The van der Waals surface area contributed by atoms with Crippen LogP contribution in [0, 0.1) is 5.41 Å². The molecule has 1 rings (SSSR count). The van der Waals surface area contributed by atoms with Gasteiger partial charge in [-0.25, -0.2) is 9.59 Å². The van der Waals surface area contributed by atoms with Gasteiger partial charge >= 0.3 is 12.1 Å². The zero-order valence-electron chi connectivity index (χ0n) is 14.1. The maximum absolute atomic E-state index is 11.9. The minimum absolute atomic E-state index is 0.107. The second-order valence-corrected chi connectivity index (χ2v) is 7.69. The summed E-state index contributed by atoms with van der Waals surface area (Å²) in [6.45, 7) is 9.16. The van der Waals surface area contributed by atoms with Gasteiger partial charge < -0.3 is 15.2 Å². The van der Waals surface area contributed by atoms with Gasteiger partial charge in [-0.3, -0.25) is 0 Å². The van der Waals surface area contributed by atoms with Gasteiger partial charge in [-0.05, 0) is 23.1 Å². The van der Waals surface area contributed by atoms with Gasteiger partial charge in [0.15, 0.2) is 0 Å². The monoisotopic (exact) mass is 341 g/mol. The maximum atomic E-state index is 11.9. The predicted molar refractivity (Wildman–Crippen MR) is 89.8 cm³/mol. The predicted octanol–water partition coefficient (Wildman–Crippen LogP) is 3.84. The third-order valence-corrected chi connectivity index (χ3v) is 3.78. The number of alkyl carbamates (subject to hydrolysis) is 1. The molecule has 0 aliphatic carbocycles. The molecule has 1 amide bonds. The Hall–Kier alpha value is -1.75. The lowest BCUT2D eigenvalue weighted by atomic mass is 9.85. The van der Waals surface area contributed by atoms with Crippen molar-refractivity contribution in [1.82, 2.24) is 5.32 Å². The first-order chi connectivity index (χ1) is 10.4. The molecule has 0 bridgehead atoms. The smallest absolute Gasteiger partial charge is 0.407 e. The lowest BCUT2D eigenvalue weighted by molar-refractivity contribution is -0.142. The highest BCUT2D eigenvalue weighted by Gasteiger charge is 2.33. The number of aliphatic carboxylic acids is 1. The van der Waals surface area contributed by atoms with Crippen molar-refractivity contribution in [1.29, 1.82) is 0 Å². The van der Waals surface area contributed by atoms with E-state index >= 15 is 0 Å². The summed E-state index contributed by atoms with van der Waals surface area (Å²) in [5.74, 6) is -1.09. The standard InChI is InChI=1S/C17H24ClNO4/c1-16(2,3)13(14(20)21)19-15(22)23-10-17(4,5)11-7-6-8-12(18)9-11/h6-9,13H,10H2,1-5H3,(H,19,22)(H,20,21). The summed E-state index contributed by atoms with van der Waals surface area (Å²) >= 11 is 5.98. The van der Waals surface area contributed by atoms with E-state index in [1.165, 1.54) is 0 Å². The number of ether oxygens (including phenoxy) is 1. The van der Waals surface area contributed by atoms with Crippen LogP contribution in [0.1, 0.15) is 40.2 Å². The summed E-state index contributed by atoms with van der Waals surface area (Å²) in [5, 5.41) is 12.2. The topological polar surface area (TPSA) is 75.6 Å². The van der Waals surface area contributed by atoms with Crippen molar-refractivity contribution < 1.29 is 19.4 Å². The van der Waals surface area contributed by atoms with Crippen LogP contribution in [0.2, 0.25) is 5.02 Å². The number of carbonyl (C=O) groups excluding carboxylic acids is 1. The lowest BCUT2D eigenvalue weighted by Gasteiger charge is -2.29. The van der Waals surface area contributed by atoms with Gasteiger partial charge in [-0.2, -0.15) is 0 Å². The van der Waals surface area contributed by atoms with Crippen molar-refractivity contribution in [3.8, 4) is 0 Å². The Bertz CT molecular complexity index is 578. The van der Waals surface area contributed by atoms with Crippen molar-refractivity contribution in [2.75, 3.05) is 6.61 Å². The van der Waals surface area contributed by atoms with Crippen LogP contribution in [0.5, 0.6) is 0 Å². The van der Waals surface area contributed by atoms with Crippen LogP contribution in [0.4, 0.5) is 4.79 Å². The van der Waals surface area contributed by atoms with E-state index in [0.717, 1.165) is 5.56 Å². The zero-order chi connectivity index (χ0) is 17.8. The fraction of sp³-hybridized carbons (Fsp3) is 0.529. The van der Waals surface area contributed by atoms with Crippen molar-refractivity contribution in [3.63, 3.8) is 0 Å². The van der Waals surface area contributed by atoms with E-state index in [1.54, 1.807) is 26.8 Å². The first-order valence-corrected chi connectivity index (χ1v) is 7.73. The van der Waals surface area contributed by atoms with Crippen molar-refractivity contribution in [2.45, 2.75) is 46.1 Å². The molecule has 2 N–H and O–H groups in total. The molecule has 5 nitrogen and oxygen atoms in total. The Morgan fingerprint density at radius 3 is 2.35 bits per heavy atom. The Morgan fingerprint density at radius 2 is 1.87 bits per heavy atom. The van der Waals surface area contributed by atoms with Crippen LogP contribution >= 0.6 is 11.6 Å². The summed E-state index contributed by atoms with van der Waals surface area (Å²) in [5.41, 5.74) is -0.126. The van der Waals surface area contributed by atoms with E-state index in [-0.39, 0.29) is 6.61 Å². The molecule has 0 aromatic heterocycles. The number of halogens is 1. The number of benzene rings is 1. The normalized spacial score (nSPS) is 13.3. The molecule has 1 aromatic rings. The van der Waals surface area contributed by atoms with Crippen molar-refractivity contribution >= 4 is 23.7 Å². The second kappa shape index (κ2) is 7.21. The molecule has 0 fully saturated rings. The summed E-state index contributed by atoms with van der Waals surface area (Å²) in [6, 6.07) is 6.30. The van der Waals surface area contributed by atoms with E-state index in [9.17, 15) is 14.7 Å². The zero-order valence-corrected chi connectivity index (χ0v) is 14.9. The third-order valence-electron chi connectivity index (χ3n) is 3.55. The Morgan fingerprint density at radius 1 is 1.26 bits per heavy atom. The molecule has 0 radical (unpaired) electrons. The number of hydrogen-bond acceptors (Lipinski definition) is 3. The third kappa shape index (κ3) is 5.75. The molecule has 0 saturated heterocycles. The number of carboxylic acid groups (broad SMARTS) is 1. The average Bonchev–Trinajstić information content (AvgIpc) is 2.41. The first kappa shape index (κ1) is 19.3. The summed E-state index contributed by atoms with van der Waals surface area (Å²) < 4.78 is 5.22. The SMILES string of the molecule is CC(C)(COC(=O)NC(C(=O)O)C(C)(C)C)c1cccc(Cl)c1. The number of amides is 1. The molecule has 0 aliphatic heterocycles. The van der Waals surface area contributed by atoms with Gasteiger partial charge in [0.1, 0.15) is 12.6 Å². The van der Waals surface area contributed by atoms with E-state index in [1.807, 2.05) is 32.0 Å². The van der Waals surface area contributed by atoms with Crippen LogP contribution in [0.25, 0.3) is 0 Å². The van der Waals surface area contributed by atoms with E-state index < -0.39 is 28.9 Å². The summed E-state index contributed by atoms with van der Waals surface area (Å²) in [6.07, 6.45) is -0.748. The number of hydrogen-bond donors (Lipinski definition) is 2. The van der Waals surface area contributed by atoms with Gasteiger partial charge in [0.2, 0.25) is 0 Å². The summed E-state index contributed by atoms with van der Waals surface area (Å²) in [4.78, 5) is 23.2. The molecule has 1 unspecified atom stereocenters. The van der Waals surface area contributed by atoms with Crippen LogP contribution in [-0.2, 0) is 14.9 Å². The fourth-order valence-corrected chi connectivity index (χ4v) is 2.24. The molecule has 128 valence electrons. The van der Waals surface area contributed by atoms with Gasteiger partial charge in [0, 0.05) is 10.4 Å². The highest BCUT2D eigenvalue weighted by Crippen LogP contribution is 2.26. The van der Waals surface area contributed by atoms with Gasteiger partial charge in [-0.15, -0.1) is 0 Å². The van der Waals surface area contributed by atoms with Crippen LogP contribution in [0.15, 0.2) is 24.3 Å². The number of carbonyl (C=O) groups is 2. The highest BCUT2D eigenvalue weighted by atomic mass is 35.5. The molecule has 0 saturated carbocycles. The van der Waals surface area contributed by atoms with Crippen molar-refractivity contribution in [3.05, 3.63) is 34.9 Å². The lowest BCUT2D eigenvalue weighted by Crippen LogP contribution is -2.49. The largest absolute Gasteiger partial charge is 0.480 e. The minimum atomic E-state index is -1.09. The van der Waals surface area contributed by atoms with E-state index in [4.69, 9.17) is 16.3 Å². The van der Waals surface area contributed by atoms with Crippen LogP contribution in [-0.4, -0.2) is 29.8 Å². The summed E-state index contributed by atoms with van der Waals surface area (Å²) in [7, 11) is 0. The molecule has 1 aromatic carbocycles. The van der Waals surface area contributed by atoms with Gasteiger partial charge in [0.25, 0.3) is 0 Å². The maximum Gasteiger partial charge on any atom is 0.407 e. The Labute approximate surface area is 142 Å². The molecule has 0 spiro atoms. The fourth-order valence-electron chi connectivity index (χ4n) is 2.05. The molecule has 23 heavy (non-hydrogen) atoms. The molecule has 0 aliphatic rings. The minimum Gasteiger partial charge on any atom is -0.480 e. The van der Waals surface area contributed by atoms with Gasteiger partial charge in [0.05, 0.1) is 0 Å². The molecule has 0 heterocycles. The van der Waals surface area contributed by atoms with E-state index in [0.29, 0.717) is 5.02 Å². The molecular formula is C17H24ClNO4. The average molecular weight is 342 g/mol. The van der Waals surface area contributed by atoms with Gasteiger partial charge in [-0.1, -0.05) is 58.4 Å². The second-order valence-electron chi connectivity index (χ2n) is 7.25. The quantitative estimate of drug-likeness (QED) is 0.853. The highest BCUT2D eigenvalue weighted by molar-refractivity contribution is 6.30.